The number of aliphatic hydroxyl groups excluding tert-OH is 1. The monoisotopic (exact) mass is 477 g/mol. The SMILES string of the molecule is COc1ccccc1/C(O)=C1\C(=O)C(=O)N(c2ccc(CC(=O)O)cc2)C1c1ccccc1Cl. The molecule has 0 radical (unpaired) electrons. The van der Waals surface area contributed by atoms with Gasteiger partial charge in [0.15, 0.2) is 0 Å². The van der Waals surface area contributed by atoms with Crippen molar-refractivity contribution in [1.29, 1.82) is 0 Å². The van der Waals surface area contributed by atoms with Crippen LogP contribution in [0.5, 0.6) is 5.75 Å². The summed E-state index contributed by atoms with van der Waals surface area (Å²) in [5.74, 6) is -2.75. The van der Waals surface area contributed by atoms with Crippen LogP contribution in [0.1, 0.15) is 22.7 Å². The molecule has 172 valence electrons. The quantitative estimate of drug-likeness (QED) is 0.305. The number of carbonyl (C=O) groups is 3. The number of ether oxygens (including phenoxy) is 1. The van der Waals surface area contributed by atoms with E-state index in [1.54, 1.807) is 72.8 Å². The molecule has 34 heavy (non-hydrogen) atoms. The molecule has 0 aliphatic carbocycles. The summed E-state index contributed by atoms with van der Waals surface area (Å²) in [6, 6.07) is 18.7. The maximum absolute atomic E-state index is 13.2. The minimum atomic E-state index is -1.01. The number of methoxy groups -OCH3 is 1. The van der Waals surface area contributed by atoms with E-state index in [0.29, 0.717) is 27.6 Å². The topological polar surface area (TPSA) is 104 Å². The van der Waals surface area contributed by atoms with Gasteiger partial charge in [0.2, 0.25) is 0 Å². The average Bonchev–Trinajstić information content (AvgIpc) is 3.09. The maximum atomic E-state index is 13.2. The Morgan fingerprint density at radius 3 is 2.26 bits per heavy atom. The van der Waals surface area contributed by atoms with Crippen molar-refractivity contribution in [2.24, 2.45) is 0 Å². The van der Waals surface area contributed by atoms with Crippen LogP contribution in [0.4, 0.5) is 5.69 Å². The molecule has 0 aromatic heterocycles. The molecule has 1 aliphatic rings. The zero-order chi connectivity index (χ0) is 24.4. The Labute approximate surface area is 200 Å². The highest BCUT2D eigenvalue weighted by molar-refractivity contribution is 6.52. The minimum Gasteiger partial charge on any atom is -0.507 e. The van der Waals surface area contributed by atoms with Gasteiger partial charge in [-0.25, -0.2) is 0 Å². The number of aliphatic carboxylic acids is 1. The number of halogens is 1. The number of carboxylic acids is 1. The summed E-state index contributed by atoms with van der Waals surface area (Å²) >= 11 is 6.47. The number of hydrogen-bond acceptors (Lipinski definition) is 5. The van der Waals surface area contributed by atoms with Gasteiger partial charge in [-0.1, -0.05) is 54.1 Å². The second-order valence-corrected chi connectivity index (χ2v) is 8.04. The zero-order valence-corrected chi connectivity index (χ0v) is 18.8. The van der Waals surface area contributed by atoms with Gasteiger partial charge in [-0.05, 0) is 41.5 Å². The summed E-state index contributed by atoms with van der Waals surface area (Å²) in [6.45, 7) is 0. The standard InChI is InChI=1S/C26H20ClNO6/c1-34-20-9-5-3-7-18(20)24(31)22-23(17-6-2-4-8-19(17)27)28(26(33)25(22)32)16-12-10-15(11-13-16)14-21(29)30/h2-13,23,31H,14H2,1H3,(H,29,30)/b24-22+. The Kier molecular flexibility index (Phi) is 6.38. The van der Waals surface area contributed by atoms with Crippen LogP contribution in [0.3, 0.4) is 0 Å². The number of nitrogens with zero attached hydrogens (tertiary/aromatic N) is 1. The van der Waals surface area contributed by atoms with Gasteiger partial charge in [-0.15, -0.1) is 0 Å². The third-order valence-electron chi connectivity index (χ3n) is 5.58. The molecule has 1 amide bonds. The van der Waals surface area contributed by atoms with Crippen molar-refractivity contribution in [2.75, 3.05) is 12.0 Å². The van der Waals surface area contributed by atoms with E-state index in [9.17, 15) is 19.5 Å². The summed E-state index contributed by atoms with van der Waals surface area (Å²) in [4.78, 5) is 38.7. The number of carbonyl (C=O) groups excluding carboxylic acids is 2. The average molecular weight is 478 g/mol. The Balaban J connectivity index is 1.92. The lowest BCUT2D eigenvalue weighted by Gasteiger charge is -2.26. The normalized spacial score (nSPS) is 17.1. The molecular formula is C26H20ClNO6. The fraction of sp³-hybridized carbons (Fsp3) is 0.115. The van der Waals surface area contributed by atoms with Crippen LogP contribution < -0.4 is 9.64 Å². The van der Waals surface area contributed by atoms with E-state index in [4.69, 9.17) is 21.4 Å². The van der Waals surface area contributed by atoms with Crippen molar-refractivity contribution in [2.45, 2.75) is 12.5 Å². The molecule has 3 aromatic carbocycles. The summed E-state index contributed by atoms with van der Waals surface area (Å²) in [6.07, 6.45) is -0.180. The first kappa shape index (κ1) is 23.1. The van der Waals surface area contributed by atoms with E-state index in [-0.39, 0.29) is 23.3 Å². The molecule has 7 nitrogen and oxygen atoms in total. The Hall–Kier alpha value is -4.10. The van der Waals surface area contributed by atoms with Gasteiger partial charge in [-0.2, -0.15) is 0 Å². The molecule has 0 saturated carbocycles. The van der Waals surface area contributed by atoms with E-state index in [0.717, 1.165) is 0 Å². The highest BCUT2D eigenvalue weighted by Crippen LogP contribution is 2.45. The fourth-order valence-corrected chi connectivity index (χ4v) is 4.26. The number of rotatable bonds is 6. The Bertz CT molecular complexity index is 1310. The van der Waals surface area contributed by atoms with E-state index < -0.39 is 23.7 Å². The number of Topliss-reactive ketones (excluding diaryl/α,β-unsaturated/α-hetero) is 1. The molecule has 4 rings (SSSR count). The van der Waals surface area contributed by atoms with Gasteiger partial charge in [0.1, 0.15) is 11.5 Å². The number of amides is 1. The van der Waals surface area contributed by atoms with Gasteiger partial charge < -0.3 is 14.9 Å². The van der Waals surface area contributed by atoms with Crippen LogP contribution in [0.25, 0.3) is 5.76 Å². The number of hydrogen-bond donors (Lipinski definition) is 2. The molecule has 0 bridgehead atoms. The summed E-state index contributed by atoms with van der Waals surface area (Å²) in [5, 5.41) is 20.6. The number of aliphatic hydroxyl groups is 1. The van der Waals surface area contributed by atoms with Crippen molar-refractivity contribution in [3.8, 4) is 5.75 Å². The predicted molar refractivity (Wildman–Crippen MR) is 127 cm³/mol. The van der Waals surface area contributed by atoms with Gasteiger partial charge in [-0.3, -0.25) is 19.3 Å². The van der Waals surface area contributed by atoms with Crippen LogP contribution in [0.15, 0.2) is 78.4 Å². The zero-order valence-electron chi connectivity index (χ0n) is 18.1. The maximum Gasteiger partial charge on any atom is 0.307 e. The number of benzene rings is 3. The second kappa shape index (κ2) is 9.41. The van der Waals surface area contributed by atoms with Crippen molar-refractivity contribution < 1.29 is 29.3 Å². The van der Waals surface area contributed by atoms with Gasteiger partial charge in [0.25, 0.3) is 11.7 Å². The molecule has 8 heteroatoms. The van der Waals surface area contributed by atoms with Crippen molar-refractivity contribution in [3.05, 3.63) is 100 Å². The lowest BCUT2D eigenvalue weighted by molar-refractivity contribution is -0.136. The van der Waals surface area contributed by atoms with Crippen LogP contribution in [0, 0.1) is 0 Å². The lowest BCUT2D eigenvalue weighted by atomic mass is 9.94. The van der Waals surface area contributed by atoms with Crippen molar-refractivity contribution in [3.63, 3.8) is 0 Å². The van der Waals surface area contributed by atoms with Crippen molar-refractivity contribution in [1.82, 2.24) is 0 Å². The van der Waals surface area contributed by atoms with Gasteiger partial charge >= 0.3 is 5.97 Å². The van der Waals surface area contributed by atoms with E-state index in [1.165, 1.54) is 12.0 Å². The number of ketones is 1. The molecule has 0 spiro atoms. The fourth-order valence-electron chi connectivity index (χ4n) is 4.02. The Morgan fingerprint density at radius 2 is 1.62 bits per heavy atom. The van der Waals surface area contributed by atoms with Crippen LogP contribution in [-0.4, -0.2) is 35.0 Å². The highest BCUT2D eigenvalue weighted by Gasteiger charge is 2.47. The first-order chi connectivity index (χ1) is 16.3. The first-order valence-corrected chi connectivity index (χ1v) is 10.7. The molecule has 1 atom stereocenters. The number of carboxylic acid groups (broad SMARTS) is 1. The summed E-state index contributed by atoms with van der Waals surface area (Å²) in [7, 11) is 1.44. The molecule has 1 aliphatic heterocycles. The highest BCUT2D eigenvalue weighted by atomic mass is 35.5. The van der Waals surface area contributed by atoms with Crippen LogP contribution in [-0.2, 0) is 20.8 Å². The molecule has 1 saturated heterocycles. The van der Waals surface area contributed by atoms with Gasteiger partial charge in [0.05, 0.1) is 30.7 Å². The van der Waals surface area contributed by atoms with Crippen LogP contribution >= 0.6 is 11.6 Å². The molecule has 1 fully saturated rings. The Morgan fingerprint density at radius 1 is 0.971 bits per heavy atom. The molecule has 3 aromatic rings. The third kappa shape index (κ3) is 4.13. The molecule has 1 unspecified atom stereocenters. The number of anilines is 1. The largest absolute Gasteiger partial charge is 0.507 e. The van der Waals surface area contributed by atoms with E-state index in [1.807, 2.05) is 0 Å². The summed E-state index contributed by atoms with van der Waals surface area (Å²) < 4.78 is 5.33. The number of para-hydroxylation sites is 1. The predicted octanol–water partition coefficient (Wildman–Crippen LogP) is 4.60. The van der Waals surface area contributed by atoms with Crippen molar-refractivity contribution >= 4 is 40.7 Å². The third-order valence-corrected chi connectivity index (χ3v) is 5.92. The summed E-state index contributed by atoms with van der Waals surface area (Å²) in [5.41, 5.74) is 1.49. The van der Waals surface area contributed by atoms with Crippen LogP contribution in [0.2, 0.25) is 5.02 Å². The minimum absolute atomic E-state index is 0.128. The first-order valence-electron chi connectivity index (χ1n) is 10.3. The second-order valence-electron chi connectivity index (χ2n) is 7.63. The molecule has 2 N–H and O–H groups in total. The molecular weight excluding hydrogens is 458 g/mol. The van der Waals surface area contributed by atoms with Gasteiger partial charge in [0, 0.05) is 10.7 Å². The van der Waals surface area contributed by atoms with E-state index >= 15 is 0 Å². The lowest BCUT2D eigenvalue weighted by Crippen LogP contribution is -2.29. The molecule has 1 heterocycles. The van der Waals surface area contributed by atoms with E-state index in [2.05, 4.69) is 0 Å². The smallest absolute Gasteiger partial charge is 0.307 e.